The van der Waals surface area contributed by atoms with E-state index in [-0.39, 0.29) is 10.5 Å². The number of benzene rings is 2. The first-order valence-corrected chi connectivity index (χ1v) is 7.82. The van der Waals surface area contributed by atoms with Crippen LogP contribution in [0.3, 0.4) is 0 Å². The Morgan fingerprint density at radius 3 is 2.27 bits per heavy atom. The van der Waals surface area contributed by atoms with Gasteiger partial charge in [-0.25, -0.2) is 13.2 Å². The minimum Gasteiger partial charge on any atom is -0.497 e. The van der Waals surface area contributed by atoms with Crippen LogP contribution in [0.25, 0.3) is 0 Å². The predicted molar refractivity (Wildman–Crippen MR) is 81.9 cm³/mol. The van der Waals surface area contributed by atoms with Gasteiger partial charge in [0.15, 0.2) is 0 Å². The molecule has 7 heteroatoms. The summed E-state index contributed by atoms with van der Waals surface area (Å²) >= 11 is 0. The summed E-state index contributed by atoms with van der Waals surface area (Å²) in [5, 5.41) is 8.82. The SMILES string of the molecule is COc1ccc(S(=O)(=O)Nc2ccc(C(=O)O)cc2)c(C)c1. The second-order valence-corrected chi connectivity index (χ2v) is 6.27. The first-order valence-electron chi connectivity index (χ1n) is 6.34. The number of sulfonamides is 1. The lowest BCUT2D eigenvalue weighted by molar-refractivity contribution is 0.0697. The minimum absolute atomic E-state index is 0.0866. The fraction of sp³-hybridized carbons (Fsp3) is 0.133. The molecule has 2 N–H and O–H groups in total. The van der Waals surface area contributed by atoms with E-state index in [1.807, 2.05) is 0 Å². The van der Waals surface area contributed by atoms with Crippen LogP contribution in [-0.4, -0.2) is 26.6 Å². The van der Waals surface area contributed by atoms with E-state index < -0.39 is 16.0 Å². The van der Waals surface area contributed by atoms with E-state index in [0.717, 1.165) is 0 Å². The van der Waals surface area contributed by atoms with Crippen LogP contribution >= 0.6 is 0 Å². The Hall–Kier alpha value is -2.54. The van der Waals surface area contributed by atoms with Crippen molar-refractivity contribution in [2.75, 3.05) is 11.8 Å². The number of nitrogens with one attached hydrogen (secondary N) is 1. The normalized spacial score (nSPS) is 11.0. The Balaban J connectivity index is 2.29. The summed E-state index contributed by atoms with van der Waals surface area (Å²) in [4.78, 5) is 10.9. The van der Waals surface area contributed by atoms with Crippen molar-refractivity contribution in [1.82, 2.24) is 0 Å². The fourth-order valence-electron chi connectivity index (χ4n) is 1.94. The average Bonchev–Trinajstić information content (AvgIpc) is 2.46. The quantitative estimate of drug-likeness (QED) is 0.882. The molecule has 0 aromatic heterocycles. The van der Waals surface area contributed by atoms with Crippen LogP contribution in [0.2, 0.25) is 0 Å². The molecule has 0 aliphatic heterocycles. The maximum absolute atomic E-state index is 12.4. The first-order chi connectivity index (χ1) is 10.3. The van der Waals surface area contributed by atoms with E-state index in [4.69, 9.17) is 9.84 Å². The smallest absolute Gasteiger partial charge is 0.335 e. The molecule has 0 spiro atoms. The molecule has 2 rings (SSSR count). The van der Waals surface area contributed by atoms with E-state index in [0.29, 0.717) is 17.0 Å². The van der Waals surface area contributed by atoms with Gasteiger partial charge in [-0.2, -0.15) is 0 Å². The van der Waals surface area contributed by atoms with Crippen molar-refractivity contribution in [2.24, 2.45) is 0 Å². The molecule has 2 aromatic rings. The number of anilines is 1. The van der Waals surface area contributed by atoms with Crippen molar-refractivity contribution >= 4 is 21.7 Å². The van der Waals surface area contributed by atoms with Crippen LogP contribution in [0.4, 0.5) is 5.69 Å². The lowest BCUT2D eigenvalue weighted by Crippen LogP contribution is -2.14. The van der Waals surface area contributed by atoms with E-state index in [1.54, 1.807) is 19.1 Å². The van der Waals surface area contributed by atoms with Crippen molar-refractivity contribution in [3.05, 3.63) is 53.6 Å². The Morgan fingerprint density at radius 2 is 1.77 bits per heavy atom. The molecule has 6 nitrogen and oxygen atoms in total. The van der Waals surface area contributed by atoms with Crippen molar-refractivity contribution in [3.8, 4) is 5.75 Å². The summed E-state index contributed by atoms with van der Waals surface area (Å²) in [5.74, 6) is -0.498. The molecule has 0 saturated heterocycles. The van der Waals surface area contributed by atoms with E-state index in [9.17, 15) is 13.2 Å². The number of aromatic carboxylic acids is 1. The van der Waals surface area contributed by atoms with Crippen molar-refractivity contribution in [1.29, 1.82) is 0 Å². The molecule has 2 aromatic carbocycles. The molecule has 0 aliphatic carbocycles. The van der Waals surface area contributed by atoms with Crippen LogP contribution in [0.5, 0.6) is 5.75 Å². The number of ether oxygens (including phenoxy) is 1. The van der Waals surface area contributed by atoms with Crippen LogP contribution < -0.4 is 9.46 Å². The summed E-state index contributed by atoms with van der Waals surface area (Å²) in [7, 11) is -2.25. The van der Waals surface area contributed by atoms with Crippen molar-refractivity contribution in [2.45, 2.75) is 11.8 Å². The summed E-state index contributed by atoms with van der Waals surface area (Å²) in [6, 6.07) is 10.1. The van der Waals surface area contributed by atoms with Crippen LogP contribution in [0, 0.1) is 6.92 Å². The number of aryl methyl sites for hydroxylation is 1. The molecule has 0 heterocycles. The Labute approximate surface area is 128 Å². The van der Waals surface area contributed by atoms with Gasteiger partial charge in [0.2, 0.25) is 0 Å². The summed E-state index contributed by atoms with van der Waals surface area (Å²) < 4.78 is 32.2. The predicted octanol–water partition coefficient (Wildman–Crippen LogP) is 2.50. The number of hydrogen-bond acceptors (Lipinski definition) is 4. The van der Waals surface area contributed by atoms with Crippen LogP contribution in [0.1, 0.15) is 15.9 Å². The van der Waals surface area contributed by atoms with Gasteiger partial charge in [-0.05, 0) is 55.0 Å². The molecule has 0 fully saturated rings. The Kier molecular flexibility index (Phi) is 4.37. The fourth-order valence-corrected chi connectivity index (χ4v) is 3.23. The zero-order chi connectivity index (χ0) is 16.3. The number of rotatable bonds is 5. The van der Waals surface area contributed by atoms with E-state index >= 15 is 0 Å². The third-order valence-corrected chi connectivity index (χ3v) is 4.60. The van der Waals surface area contributed by atoms with Gasteiger partial charge in [0.05, 0.1) is 17.6 Å². The molecule has 0 atom stereocenters. The maximum atomic E-state index is 12.4. The van der Waals surface area contributed by atoms with Gasteiger partial charge in [-0.15, -0.1) is 0 Å². The molecular weight excluding hydrogens is 306 g/mol. The van der Waals surface area contributed by atoms with Gasteiger partial charge in [0.1, 0.15) is 5.75 Å². The number of carboxylic acids is 1. The molecule has 0 bridgehead atoms. The van der Waals surface area contributed by atoms with E-state index in [1.165, 1.54) is 37.4 Å². The number of hydrogen-bond donors (Lipinski definition) is 2. The molecule has 22 heavy (non-hydrogen) atoms. The lowest BCUT2D eigenvalue weighted by atomic mass is 10.2. The van der Waals surface area contributed by atoms with Crippen molar-refractivity contribution in [3.63, 3.8) is 0 Å². The van der Waals surface area contributed by atoms with Crippen LogP contribution in [-0.2, 0) is 10.0 Å². The summed E-state index contributed by atoms with van der Waals surface area (Å²) in [6.45, 7) is 1.67. The molecule has 0 aliphatic rings. The molecule has 0 saturated carbocycles. The van der Waals surface area contributed by atoms with Gasteiger partial charge in [0, 0.05) is 5.69 Å². The Morgan fingerprint density at radius 1 is 1.14 bits per heavy atom. The van der Waals surface area contributed by atoms with Gasteiger partial charge in [-0.1, -0.05) is 0 Å². The lowest BCUT2D eigenvalue weighted by Gasteiger charge is -2.11. The summed E-state index contributed by atoms with van der Waals surface area (Å²) in [6.07, 6.45) is 0. The highest BCUT2D eigenvalue weighted by molar-refractivity contribution is 7.92. The first kappa shape index (κ1) is 15.8. The summed E-state index contributed by atoms with van der Waals surface area (Å²) in [5.41, 5.74) is 0.929. The third kappa shape index (κ3) is 3.37. The van der Waals surface area contributed by atoms with Gasteiger partial charge >= 0.3 is 5.97 Å². The second-order valence-electron chi connectivity index (χ2n) is 4.62. The molecular formula is C15H15NO5S. The average molecular weight is 321 g/mol. The molecule has 0 radical (unpaired) electrons. The minimum atomic E-state index is -3.76. The van der Waals surface area contributed by atoms with Gasteiger partial charge in [0.25, 0.3) is 10.0 Å². The zero-order valence-electron chi connectivity index (χ0n) is 12.0. The third-order valence-electron chi connectivity index (χ3n) is 3.06. The Bertz CT molecular complexity index is 797. The molecule has 116 valence electrons. The molecule has 0 unspecified atom stereocenters. The zero-order valence-corrected chi connectivity index (χ0v) is 12.8. The molecule has 0 amide bonds. The highest BCUT2D eigenvalue weighted by Crippen LogP contribution is 2.23. The highest BCUT2D eigenvalue weighted by atomic mass is 32.2. The van der Waals surface area contributed by atoms with Crippen molar-refractivity contribution < 1.29 is 23.1 Å². The van der Waals surface area contributed by atoms with Gasteiger partial charge < -0.3 is 9.84 Å². The number of methoxy groups -OCH3 is 1. The highest BCUT2D eigenvalue weighted by Gasteiger charge is 2.17. The largest absolute Gasteiger partial charge is 0.497 e. The standard InChI is InChI=1S/C15H15NO5S/c1-10-9-13(21-2)7-8-14(10)22(19,20)16-12-5-3-11(4-6-12)15(17)18/h3-9,16H,1-2H3,(H,17,18). The van der Waals surface area contributed by atoms with Crippen LogP contribution in [0.15, 0.2) is 47.4 Å². The second kappa shape index (κ2) is 6.07. The maximum Gasteiger partial charge on any atom is 0.335 e. The number of carboxylic acid groups (broad SMARTS) is 1. The number of carbonyl (C=O) groups is 1. The monoisotopic (exact) mass is 321 g/mol. The van der Waals surface area contributed by atoms with Gasteiger partial charge in [-0.3, -0.25) is 4.72 Å². The topological polar surface area (TPSA) is 92.7 Å². The van der Waals surface area contributed by atoms with E-state index in [2.05, 4.69) is 4.72 Å².